The van der Waals surface area contributed by atoms with Gasteiger partial charge in [-0.3, -0.25) is 0 Å². The van der Waals surface area contributed by atoms with Crippen LogP contribution in [0.1, 0.15) is 46.6 Å². The van der Waals surface area contributed by atoms with Crippen LogP contribution in [0.25, 0.3) is 0 Å². The van der Waals surface area contributed by atoms with E-state index < -0.39 is 0 Å². The summed E-state index contributed by atoms with van der Waals surface area (Å²) in [7, 11) is 0. The van der Waals surface area contributed by atoms with E-state index in [1.165, 1.54) is 5.56 Å². The molecule has 0 aliphatic heterocycles. The highest BCUT2D eigenvalue weighted by atomic mass is 14.6. The normalized spacial score (nSPS) is 12.9. The Bertz CT molecular complexity index is 337. The minimum absolute atomic E-state index is 0.104. The van der Waals surface area contributed by atoms with Crippen molar-refractivity contribution in [1.82, 2.24) is 0 Å². The largest absolute Gasteiger partial charge is 0.398 e. The second-order valence-electron chi connectivity index (χ2n) is 5.45. The van der Waals surface area contributed by atoms with Crippen molar-refractivity contribution in [2.75, 3.05) is 5.73 Å². The predicted molar refractivity (Wildman–Crippen MR) is 68.0 cm³/mol. The molecular weight excluding hydrogens is 182 g/mol. The molecule has 0 saturated carbocycles. The van der Waals surface area contributed by atoms with Crippen molar-refractivity contribution in [3.8, 4) is 0 Å². The van der Waals surface area contributed by atoms with Gasteiger partial charge in [0.25, 0.3) is 0 Å². The van der Waals surface area contributed by atoms with Gasteiger partial charge < -0.3 is 5.73 Å². The molecule has 0 radical (unpaired) electrons. The van der Waals surface area contributed by atoms with Crippen LogP contribution in [0.5, 0.6) is 0 Å². The van der Waals surface area contributed by atoms with E-state index in [9.17, 15) is 0 Å². The number of para-hydroxylation sites is 1. The molecule has 0 heterocycles. The zero-order valence-corrected chi connectivity index (χ0v) is 10.6. The zero-order chi connectivity index (χ0) is 11.7. The van der Waals surface area contributed by atoms with Crippen LogP contribution in [0.15, 0.2) is 24.3 Å². The van der Waals surface area contributed by atoms with Crippen LogP contribution < -0.4 is 5.73 Å². The molecule has 0 aliphatic rings. The molecule has 0 saturated heterocycles. The molecule has 2 N–H and O–H groups in total. The summed E-state index contributed by atoms with van der Waals surface area (Å²) in [6.45, 7) is 11.4. The summed E-state index contributed by atoms with van der Waals surface area (Å²) in [5, 5.41) is 0. The first-order valence-corrected chi connectivity index (χ1v) is 5.68. The van der Waals surface area contributed by atoms with Crippen molar-refractivity contribution >= 4 is 5.69 Å². The first-order chi connectivity index (χ1) is 6.83. The molecule has 15 heavy (non-hydrogen) atoms. The number of anilines is 1. The maximum Gasteiger partial charge on any atom is 0.0352 e. The molecule has 0 aliphatic carbocycles. The molecule has 0 fully saturated rings. The summed E-state index contributed by atoms with van der Waals surface area (Å²) in [5.74, 6) is 0. The highest BCUT2D eigenvalue weighted by molar-refractivity contribution is 5.50. The Morgan fingerprint density at radius 2 is 1.60 bits per heavy atom. The molecular formula is C14H23N. The van der Waals surface area contributed by atoms with Gasteiger partial charge in [0, 0.05) is 5.69 Å². The highest BCUT2D eigenvalue weighted by Gasteiger charge is 2.37. The van der Waals surface area contributed by atoms with E-state index in [4.69, 9.17) is 5.73 Å². The van der Waals surface area contributed by atoms with E-state index in [0.717, 1.165) is 12.1 Å². The molecule has 84 valence electrons. The van der Waals surface area contributed by atoms with Crippen LogP contribution in [0.4, 0.5) is 5.69 Å². The number of hydrogen-bond donors (Lipinski definition) is 1. The van der Waals surface area contributed by atoms with Crippen molar-refractivity contribution in [2.45, 2.75) is 46.5 Å². The summed E-state index contributed by atoms with van der Waals surface area (Å²) in [5.41, 5.74) is 8.58. The minimum Gasteiger partial charge on any atom is -0.398 e. The van der Waals surface area contributed by atoms with Gasteiger partial charge in [-0.15, -0.1) is 0 Å². The van der Waals surface area contributed by atoms with Gasteiger partial charge in [0.05, 0.1) is 0 Å². The lowest BCUT2D eigenvalue weighted by molar-refractivity contribution is 0.190. The van der Waals surface area contributed by atoms with Gasteiger partial charge in [-0.2, -0.15) is 0 Å². The number of nitrogens with two attached hydrogens (primary N) is 1. The summed E-state index contributed by atoms with van der Waals surface area (Å²) in [4.78, 5) is 0. The standard InChI is InChI=1S/C14H23N/c1-6-13(2,3)14(4,5)11-9-7-8-10-12(11)15/h7-10H,6,15H2,1-5H3. The van der Waals surface area contributed by atoms with Gasteiger partial charge in [-0.25, -0.2) is 0 Å². The van der Waals surface area contributed by atoms with Gasteiger partial charge in [-0.05, 0) is 22.5 Å². The smallest absolute Gasteiger partial charge is 0.0352 e. The van der Waals surface area contributed by atoms with Crippen molar-refractivity contribution in [3.05, 3.63) is 29.8 Å². The average Bonchev–Trinajstić information content (AvgIpc) is 2.18. The predicted octanol–water partition coefficient (Wildman–Crippen LogP) is 3.98. The number of rotatable bonds is 3. The second kappa shape index (κ2) is 3.88. The highest BCUT2D eigenvalue weighted by Crippen LogP contribution is 2.45. The molecule has 0 bridgehead atoms. The van der Waals surface area contributed by atoms with Crippen molar-refractivity contribution in [2.24, 2.45) is 5.41 Å². The summed E-state index contributed by atoms with van der Waals surface area (Å²) in [6, 6.07) is 8.20. The van der Waals surface area contributed by atoms with Gasteiger partial charge in [0.2, 0.25) is 0 Å². The number of nitrogen functional groups attached to an aromatic ring is 1. The fraction of sp³-hybridized carbons (Fsp3) is 0.571. The third-order valence-electron chi connectivity index (χ3n) is 4.21. The molecule has 1 aromatic carbocycles. The lowest BCUT2D eigenvalue weighted by Crippen LogP contribution is -2.36. The first kappa shape index (κ1) is 12.1. The van der Waals surface area contributed by atoms with Crippen LogP contribution in [0.2, 0.25) is 0 Å². The Morgan fingerprint density at radius 1 is 1.07 bits per heavy atom. The fourth-order valence-electron chi connectivity index (χ4n) is 1.87. The van der Waals surface area contributed by atoms with Gasteiger partial charge >= 0.3 is 0 Å². The molecule has 0 spiro atoms. The van der Waals surface area contributed by atoms with Crippen LogP contribution in [-0.4, -0.2) is 0 Å². The Balaban J connectivity index is 3.22. The second-order valence-corrected chi connectivity index (χ2v) is 5.45. The number of hydrogen-bond acceptors (Lipinski definition) is 1. The summed E-state index contributed by atoms with van der Waals surface area (Å²) < 4.78 is 0. The third-order valence-corrected chi connectivity index (χ3v) is 4.21. The SMILES string of the molecule is CCC(C)(C)C(C)(C)c1ccccc1N. The summed E-state index contributed by atoms with van der Waals surface area (Å²) >= 11 is 0. The number of benzene rings is 1. The quantitative estimate of drug-likeness (QED) is 0.742. The lowest BCUT2D eigenvalue weighted by Gasteiger charge is -2.42. The van der Waals surface area contributed by atoms with E-state index in [1.807, 2.05) is 12.1 Å². The van der Waals surface area contributed by atoms with E-state index in [0.29, 0.717) is 0 Å². The Morgan fingerprint density at radius 3 is 2.07 bits per heavy atom. The van der Waals surface area contributed by atoms with Crippen molar-refractivity contribution < 1.29 is 0 Å². The van der Waals surface area contributed by atoms with Crippen LogP contribution in [0, 0.1) is 5.41 Å². The third kappa shape index (κ3) is 2.01. The molecule has 1 nitrogen and oxygen atoms in total. The Kier molecular flexibility index (Phi) is 3.13. The fourth-order valence-corrected chi connectivity index (χ4v) is 1.87. The average molecular weight is 205 g/mol. The zero-order valence-electron chi connectivity index (χ0n) is 10.6. The maximum atomic E-state index is 6.06. The van der Waals surface area contributed by atoms with Crippen molar-refractivity contribution in [1.29, 1.82) is 0 Å². The molecule has 0 aromatic heterocycles. The first-order valence-electron chi connectivity index (χ1n) is 5.68. The molecule has 1 heteroatoms. The van der Waals surface area contributed by atoms with E-state index in [2.05, 4.69) is 46.8 Å². The maximum absolute atomic E-state index is 6.06. The Hall–Kier alpha value is -0.980. The molecule has 1 aromatic rings. The van der Waals surface area contributed by atoms with Gasteiger partial charge in [0.15, 0.2) is 0 Å². The molecule has 1 rings (SSSR count). The molecule has 0 atom stereocenters. The van der Waals surface area contributed by atoms with E-state index >= 15 is 0 Å². The van der Waals surface area contributed by atoms with Crippen molar-refractivity contribution in [3.63, 3.8) is 0 Å². The minimum atomic E-state index is 0.104. The molecule has 0 amide bonds. The lowest BCUT2D eigenvalue weighted by atomic mass is 9.62. The van der Waals surface area contributed by atoms with E-state index in [-0.39, 0.29) is 10.8 Å². The summed E-state index contributed by atoms with van der Waals surface area (Å²) in [6.07, 6.45) is 1.15. The topological polar surface area (TPSA) is 26.0 Å². The van der Waals surface area contributed by atoms with E-state index in [1.54, 1.807) is 0 Å². The van der Waals surface area contributed by atoms with Crippen LogP contribution in [-0.2, 0) is 5.41 Å². The molecule has 0 unspecified atom stereocenters. The van der Waals surface area contributed by atoms with Gasteiger partial charge in [0.1, 0.15) is 0 Å². The van der Waals surface area contributed by atoms with Gasteiger partial charge in [-0.1, -0.05) is 59.2 Å². The monoisotopic (exact) mass is 205 g/mol. The Labute approximate surface area is 93.7 Å². The van der Waals surface area contributed by atoms with Crippen LogP contribution in [0.3, 0.4) is 0 Å². The van der Waals surface area contributed by atoms with Crippen LogP contribution >= 0.6 is 0 Å².